The van der Waals surface area contributed by atoms with Gasteiger partial charge in [0, 0.05) is 9.97 Å². The SMILES string of the molecule is CCCC[C@@](C)(I)CNS(C)(=O)=O. The van der Waals surface area contributed by atoms with Crippen LogP contribution in [0.3, 0.4) is 0 Å². The Morgan fingerprint density at radius 1 is 1.46 bits per heavy atom. The van der Waals surface area contributed by atoms with Crippen molar-refractivity contribution in [2.45, 2.75) is 36.5 Å². The van der Waals surface area contributed by atoms with Crippen LogP contribution in [0.4, 0.5) is 0 Å². The van der Waals surface area contributed by atoms with Crippen LogP contribution in [-0.2, 0) is 10.0 Å². The van der Waals surface area contributed by atoms with Crippen molar-refractivity contribution < 1.29 is 8.42 Å². The second-order valence-electron chi connectivity index (χ2n) is 3.61. The molecule has 13 heavy (non-hydrogen) atoms. The molecule has 0 saturated carbocycles. The maximum absolute atomic E-state index is 10.8. The van der Waals surface area contributed by atoms with Gasteiger partial charge in [0.05, 0.1) is 6.26 Å². The Balaban J connectivity index is 3.89. The first-order valence-electron chi connectivity index (χ1n) is 4.40. The van der Waals surface area contributed by atoms with Gasteiger partial charge in [-0.1, -0.05) is 42.4 Å². The summed E-state index contributed by atoms with van der Waals surface area (Å²) in [6.07, 6.45) is 4.54. The molecular weight excluding hydrogens is 301 g/mol. The first-order chi connectivity index (χ1) is 5.77. The lowest BCUT2D eigenvalue weighted by Gasteiger charge is -2.21. The van der Waals surface area contributed by atoms with E-state index >= 15 is 0 Å². The molecule has 0 fully saturated rings. The lowest BCUT2D eigenvalue weighted by Crippen LogP contribution is -2.35. The molecule has 0 bridgehead atoms. The van der Waals surface area contributed by atoms with E-state index in [-0.39, 0.29) is 3.42 Å². The summed E-state index contributed by atoms with van der Waals surface area (Å²) >= 11 is 2.31. The molecule has 0 spiro atoms. The van der Waals surface area contributed by atoms with Crippen molar-refractivity contribution in [2.24, 2.45) is 0 Å². The van der Waals surface area contributed by atoms with Crippen molar-refractivity contribution in [1.29, 1.82) is 0 Å². The fraction of sp³-hybridized carbons (Fsp3) is 1.00. The maximum Gasteiger partial charge on any atom is 0.208 e. The summed E-state index contributed by atoms with van der Waals surface area (Å²) < 4.78 is 24.2. The third kappa shape index (κ3) is 8.96. The van der Waals surface area contributed by atoms with Crippen molar-refractivity contribution in [2.75, 3.05) is 12.8 Å². The molecule has 0 rings (SSSR count). The van der Waals surface area contributed by atoms with Crippen LogP contribution < -0.4 is 4.72 Å². The average Bonchev–Trinajstić information content (AvgIpc) is 1.97. The van der Waals surface area contributed by atoms with Gasteiger partial charge < -0.3 is 0 Å². The van der Waals surface area contributed by atoms with Crippen LogP contribution >= 0.6 is 22.6 Å². The van der Waals surface area contributed by atoms with E-state index in [4.69, 9.17) is 0 Å². The van der Waals surface area contributed by atoms with E-state index < -0.39 is 10.0 Å². The van der Waals surface area contributed by atoms with Gasteiger partial charge in [0.2, 0.25) is 10.0 Å². The van der Waals surface area contributed by atoms with Gasteiger partial charge >= 0.3 is 0 Å². The Labute approximate surface area is 94.9 Å². The van der Waals surface area contributed by atoms with E-state index in [1.54, 1.807) is 0 Å². The summed E-state index contributed by atoms with van der Waals surface area (Å²) in [5.41, 5.74) is 0. The van der Waals surface area contributed by atoms with Gasteiger partial charge in [-0.25, -0.2) is 13.1 Å². The van der Waals surface area contributed by atoms with E-state index in [9.17, 15) is 8.42 Å². The standard InChI is InChI=1S/C8H18INO2S/c1-4-5-6-8(2,9)7-10-13(3,11)12/h10H,4-7H2,1-3H3/t8-/m1/s1. The molecule has 3 nitrogen and oxygen atoms in total. The third-order valence-electron chi connectivity index (χ3n) is 1.75. The molecule has 0 aromatic rings. The molecule has 0 radical (unpaired) electrons. The van der Waals surface area contributed by atoms with Gasteiger partial charge in [-0.15, -0.1) is 0 Å². The van der Waals surface area contributed by atoms with Crippen molar-refractivity contribution >= 4 is 32.6 Å². The molecule has 1 atom stereocenters. The molecule has 80 valence electrons. The number of hydrogen-bond acceptors (Lipinski definition) is 2. The summed E-state index contributed by atoms with van der Waals surface area (Å²) in [6, 6.07) is 0. The molecule has 0 aliphatic heterocycles. The lowest BCUT2D eigenvalue weighted by atomic mass is 10.1. The van der Waals surface area contributed by atoms with Crippen LogP contribution in [0.2, 0.25) is 0 Å². The highest BCUT2D eigenvalue weighted by atomic mass is 127. The second kappa shape index (κ2) is 5.50. The normalized spacial score (nSPS) is 16.9. The number of halogens is 1. The van der Waals surface area contributed by atoms with Gasteiger partial charge in [-0.3, -0.25) is 0 Å². The summed E-state index contributed by atoms with van der Waals surface area (Å²) in [4.78, 5) is 0. The minimum atomic E-state index is -3.04. The molecule has 0 saturated heterocycles. The number of hydrogen-bond donors (Lipinski definition) is 1. The molecule has 1 N–H and O–H groups in total. The van der Waals surface area contributed by atoms with Gasteiger partial charge in [0.25, 0.3) is 0 Å². The Morgan fingerprint density at radius 3 is 2.38 bits per heavy atom. The topological polar surface area (TPSA) is 46.2 Å². The Kier molecular flexibility index (Phi) is 5.77. The largest absolute Gasteiger partial charge is 0.214 e. The molecule has 0 heterocycles. The van der Waals surface area contributed by atoms with E-state index in [1.165, 1.54) is 6.26 Å². The minimum absolute atomic E-state index is 0.0385. The predicted molar refractivity (Wildman–Crippen MR) is 64.8 cm³/mol. The molecule has 0 aliphatic rings. The van der Waals surface area contributed by atoms with Crippen molar-refractivity contribution in [3.05, 3.63) is 0 Å². The maximum atomic E-state index is 10.8. The summed E-state index contributed by atoms with van der Waals surface area (Å²) in [7, 11) is -3.04. The first-order valence-corrected chi connectivity index (χ1v) is 7.37. The van der Waals surface area contributed by atoms with Gasteiger partial charge in [0.1, 0.15) is 0 Å². The zero-order valence-electron chi connectivity index (χ0n) is 8.43. The minimum Gasteiger partial charge on any atom is -0.214 e. The Hall–Kier alpha value is 0.640. The predicted octanol–water partition coefficient (Wildman–Crippen LogP) is 1.92. The van der Waals surface area contributed by atoms with Crippen LogP contribution in [0, 0.1) is 0 Å². The van der Waals surface area contributed by atoms with Crippen LogP contribution in [0.1, 0.15) is 33.1 Å². The molecule has 0 unspecified atom stereocenters. The zero-order chi connectivity index (χ0) is 10.5. The number of nitrogens with one attached hydrogen (secondary N) is 1. The molecule has 0 amide bonds. The van der Waals surface area contributed by atoms with E-state index in [0.717, 1.165) is 19.3 Å². The number of unbranched alkanes of at least 4 members (excludes halogenated alkanes) is 1. The zero-order valence-corrected chi connectivity index (χ0v) is 11.4. The Morgan fingerprint density at radius 2 is 2.00 bits per heavy atom. The highest BCUT2D eigenvalue weighted by molar-refractivity contribution is 14.1. The quantitative estimate of drug-likeness (QED) is 0.600. The van der Waals surface area contributed by atoms with Gasteiger partial charge in [-0.05, 0) is 13.3 Å². The fourth-order valence-corrected chi connectivity index (χ4v) is 2.33. The Bertz CT molecular complexity index is 237. The first kappa shape index (κ1) is 13.6. The lowest BCUT2D eigenvalue weighted by molar-refractivity contribution is 0.545. The average molecular weight is 319 g/mol. The number of rotatable bonds is 6. The van der Waals surface area contributed by atoms with E-state index in [1.807, 2.05) is 0 Å². The monoisotopic (exact) mass is 319 g/mol. The van der Waals surface area contributed by atoms with Crippen LogP contribution in [-0.4, -0.2) is 24.6 Å². The van der Waals surface area contributed by atoms with Gasteiger partial charge in [-0.2, -0.15) is 0 Å². The molecule has 0 aromatic heterocycles. The number of alkyl halides is 1. The van der Waals surface area contributed by atoms with Gasteiger partial charge in [0.15, 0.2) is 0 Å². The third-order valence-corrected chi connectivity index (χ3v) is 3.34. The highest BCUT2D eigenvalue weighted by Gasteiger charge is 2.20. The molecule has 0 aromatic carbocycles. The second-order valence-corrected chi connectivity index (χ2v) is 8.05. The fourth-order valence-electron chi connectivity index (χ4n) is 0.915. The highest BCUT2D eigenvalue weighted by Crippen LogP contribution is 2.24. The van der Waals surface area contributed by atoms with Crippen LogP contribution in [0.15, 0.2) is 0 Å². The number of sulfonamides is 1. The van der Waals surface area contributed by atoms with Crippen LogP contribution in [0.25, 0.3) is 0 Å². The van der Waals surface area contributed by atoms with Crippen molar-refractivity contribution in [3.8, 4) is 0 Å². The smallest absolute Gasteiger partial charge is 0.208 e. The summed E-state index contributed by atoms with van der Waals surface area (Å²) in [5.74, 6) is 0. The summed E-state index contributed by atoms with van der Waals surface area (Å²) in [6.45, 7) is 4.73. The van der Waals surface area contributed by atoms with Crippen molar-refractivity contribution in [3.63, 3.8) is 0 Å². The summed E-state index contributed by atoms with van der Waals surface area (Å²) in [5, 5.41) is 0. The van der Waals surface area contributed by atoms with E-state index in [2.05, 4.69) is 41.2 Å². The van der Waals surface area contributed by atoms with Crippen molar-refractivity contribution in [1.82, 2.24) is 4.72 Å². The molecule has 0 aliphatic carbocycles. The van der Waals surface area contributed by atoms with E-state index in [0.29, 0.717) is 6.54 Å². The van der Waals surface area contributed by atoms with Crippen LogP contribution in [0.5, 0.6) is 0 Å². The molecular formula is C8H18INO2S. The molecule has 5 heteroatoms.